The van der Waals surface area contributed by atoms with E-state index in [0.717, 1.165) is 22.7 Å². The smallest absolute Gasteiger partial charge is 0.212 e. The van der Waals surface area contributed by atoms with E-state index < -0.39 is 0 Å². The summed E-state index contributed by atoms with van der Waals surface area (Å²) in [5.74, 6) is 0.231. The number of carbonyl (C=O) groups is 1. The summed E-state index contributed by atoms with van der Waals surface area (Å²) >= 11 is 1.73. The van der Waals surface area contributed by atoms with Gasteiger partial charge in [-0.15, -0.1) is 0 Å². The largest absolute Gasteiger partial charge is 0.385 e. The third-order valence-electron chi connectivity index (χ3n) is 5.13. The molecule has 3 aromatic rings. The van der Waals surface area contributed by atoms with Crippen molar-refractivity contribution in [3.05, 3.63) is 71.4 Å². The van der Waals surface area contributed by atoms with Crippen LogP contribution < -0.4 is 9.47 Å². The molecule has 0 radical (unpaired) electrons. The van der Waals surface area contributed by atoms with E-state index in [1.165, 1.54) is 15.8 Å². The second-order valence-corrected chi connectivity index (χ2v) is 8.23. The van der Waals surface area contributed by atoms with Gasteiger partial charge in [0.05, 0.1) is 22.6 Å². The quantitative estimate of drug-likeness (QED) is 0.426. The van der Waals surface area contributed by atoms with Crippen molar-refractivity contribution in [3.8, 4) is 0 Å². The maximum atomic E-state index is 12.6. The minimum Gasteiger partial charge on any atom is -0.385 e. The van der Waals surface area contributed by atoms with Crippen LogP contribution in [-0.4, -0.2) is 26.0 Å². The molecule has 5 heteroatoms. The SMILES string of the molecule is COCCCC(=O)CN1/C(=C\c2cc[n+](C)c3ccccc23)Sc2ccccc21. The highest BCUT2D eigenvalue weighted by Gasteiger charge is 2.26. The Kier molecular flexibility index (Phi) is 5.97. The molecule has 0 fully saturated rings. The second kappa shape index (κ2) is 8.80. The number of fused-ring (bicyclic) bond motifs is 2. The lowest BCUT2D eigenvalue weighted by Gasteiger charge is -2.20. The van der Waals surface area contributed by atoms with Crippen LogP contribution in [0.1, 0.15) is 18.4 Å². The standard InChI is InChI=1S/C24H25N2O2S/c1-25-14-13-18(20-9-3-4-10-21(20)25)16-24-26(17-19(27)8-7-15-28-2)22-11-5-6-12-23(22)29-24/h3-6,9-14,16H,7-8,15,17H2,1-2H3/q+1. The molecule has 0 aliphatic carbocycles. The number of methoxy groups -OCH3 is 1. The Hall–Kier alpha value is -2.63. The van der Waals surface area contributed by atoms with Crippen molar-refractivity contribution in [3.63, 3.8) is 0 Å². The third kappa shape index (κ3) is 4.21. The van der Waals surface area contributed by atoms with Crippen LogP contribution in [0, 0.1) is 0 Å². The number of ether oxygens (including phenoxy) is 1. The van der Waals surface area contributed by atoms with Crippen molar-refractivity contribution in [1.29, 1.82) is 0 Å². The van der Waals surface area contributed by atoms with Crippen LogP contribution in [0.2, 0.25) is 0 Å². The predicted octanol–water partition coefficient (Wildman–Crippen LogP) is 4.57. The highest BCUT2D eigenvalue weighted by Crippen LogP contribution is 2.46. The fraction of sp³-hybridized carbons (Fsp3) is 0.250. The molecule has 0 unspecified atom stereocenters. The molecule has 0 spiro atoms. The highest BCUT2D eigenvalue weighted by atomic mass is 32.2. The third-order valence-corrected chi connectivity index (χ3v) is 6.24. The number of anilines is 1. The molecule has 4 rings (SSSR count). The van der Waals surface area contributed by atoms with Crippen molar-refractivity contribution < 1.29 is 14.1 Å². The molecule has 29 heavy (non-hydrogen) atoms. The van der Waals surface area contributed by atoms with Crippen LogP contribution in [-0.2, 0) is 16.6 Å². The maximum Gasteiger partial charge on any atom is 0.212 e. The first-order valence-electron chi connectivity index (χ1n) is 9.81. The average molecular weight is 406 g/mol. The number of rotatable bonds is 7. The van der Waals surface area contributed by atoms with E-state index in [-0.39, 0.29) is 5.78 Å². The number of benzene rings is 2. The molecule has 0 saturated carbocycles. The van der Waals surface area contributed by atoms with Crippen LogP contribution in [0.4, 0.5) is 5.69 Å². The van der Waals surface area contributed by atoms with Crippen LogP contribution in [0.15, 0.2) is 70.7 Å². The summed E-state index contributed by atoms with van der Waals surface area (Å²) in [6.45, 7) is 1.00. The summed E-state index contributed by atoms with van der Waals surface area (Å²) in [7, 11) is 3.73. The number of carbonyl (C=O) groups excluding carboxylic acids is 1. The van der Waals surface area contributed by atoms with E-state index in [0.29, 0.717) is 19.6 Å². The molecule has 1 aromatic heterocycles. The molecule has 0 bridgehead atoms. The van der Waals surface area contributed by atoms with E-state index in [1.54, 1.807) is 18.9 Å². The van der Waals surface area contributed by atoms with Crippen molar-refractivity contribution >= 4 is 40.2 Å². The topological polar surface area (TPSA) is 33.4 Å². The first kappa shape index (κ1) is 19.7. The number of aryl methyl sites for hydroxylation is 1. The minimum absolute atomic E-state index is 0.231. The number of Topliss-reactive ketones (excluding diaryl/α,β-unsaturated/α-hetero) is 1. The Morgan fingerprint density at radius 2 is 1.93 bits per heavy atom. The van der Waals surface area contributed by atoms with Gasteiger partial charge in [-0.25, -0.2) is 4.57 Å². The number of ketones is 1. The van der Waals surface area contributed by atoms with Gasteiger partial charge >= 0.3 is 0 Å². The zero-order valence-corrected chi connectivity index (χ0v) is 17.6. The molecule has 0 atom stereocenters. The van der Waals surface area contributed by atoms with Crippen LogP contribution in [0.25, 0.3) is 17.0 Å². The van der Waals surface area contributed by atoms with Crippen LogP contribution >= 0.6 is 11.8 Å². The van der Waals surface area contributed by atoms with Gasteiger partial charge in [-0.2, -0.15) is 0 Å². The monoisotopic (exact) mass is 405 g/mol. The van der Waals surface area contributed by atoms with Gasteiger partial charge in [0.2, 0.25) is 5.52 Å². The van der Waals surface area contributed by atoms with Crippen molar-refractivity contribution in [2.24, 2.45) is 7.05 Å². The number of thioether (sulfide) groups is 1. The summed E-state index contributed by atoms with van der Waals surface area (Å²) in [5, 5.41) is 2.29. The normalized spacial score (nSPS) is 14.6. The van der Waals surface area contributed by atoms with Crippen molar-refractivity contribution in [2.45, 2.75) is 17.7 Å². The lowest BCUT2D eigenvalue weighted by Crippen LogP contribution is -2.28. The molecule has 2 heterocycles. The molecular formula is C24H25N2O2S+. The molecule has 4 nitrogen and oxygen atoms in total. The molecular weight excluding hydrogens is 380 g/mol. The summed E-state index contributed by atoms with van der Waals surface area (Å²) in [6.07, 6.45) is 5.59. The van der Waals surface area contributed by atoms with E-state index in [4.69, 9.17) is 4.74 Å². The fourth-order valence-electron chi connectivity index (χ4n) is 3.64. The summed E-state index contributed by atoms with van der Waals surface area (Å²) in [5.41, 5.74) is 3.45. The molecule has 1 aliphatic heterocycles. The summed E-state index contributed by atoms with van der Waals surface area (Å²) < 4.78 is 7.22. The number of hydrogen-bond acceptors (Lipinski definition) is 4. The lowest BCUT2D eigenvalue weighted by atomic mass is 10.1. The number of aromatic nitrogens is 1. The second-order valence-electron chi connectivity index (χ2n) is 7.17. The Labute approximate surface area is 175 Å². The molecule has 0 amide bonds. The number of pyridine rings is 1. The predicted molar refractivity (Wildman–Crippen MR) is 119 cm³/mol. The van der Waals surface area contributed by atoms with Gasteiger partial charge in [0.1, 0.15) is 7.05 Å². The Morgan fingerprint density at radius 1 is 1.14 bits per heavy atom. The molecule has 0 N–H and O–H groups in total. The molecule has 0 saturated heterocycles. The van der Waals surface area contributed by atoms with Gasteiger partial charge in [0, 0.05) is 37.2 Å². The van der Waals surface area contributed by atoms with E-state index in [9.17, 15) is 4.79 Å². The number of nitrogens with zero attached hydrogens (tertiary/aromatic N) is 2. The van der Waals surface area contributed by atoms with Gasteiger partial charge in [-0.1, -0.05) is 36.0 Å². The van der Waals surface area contributed by atoms with E-state index >= 15 is 0 Å². The van der Waals surface area contributed by atoms with Crippen molar-refractivity contribution in [2.75, 3.05) is 25.2 Å². The molecule has 1 aliphatic rings. The highest BCUT2D eigenvalue weighted by molar-refractivity contribution is 8.03. The van der Waals surface area contributed by atoms with Gasteiger partial charge in [0.15, 0.2) is 12.0 Å². The van der Waals surface area contributed by atoms with Crippen molar-refractivity contribution in [1.82, 2.24) is 0 Å². The molecule has 148 valence electrons. The number of hydrogen-bond donors (Lipinski definition) is 0. The Morgan fingerprint density at radius 3 is 2.79 bits per heavy atom. The fourth-order valence-corrected chi connectivity index (χ4v) is 4.75. The maximum absolute atomic E-state index is 12.6. The summed E-state index contributed by atoms with van der Waals surface area (Å²) in [4.78, 5) is 15.9. The average Bonchev–Trinajstić information content (AvgIpc) is 3.07. The van der Waals surface area contributed by atoms with Crippen LogP contribution in [0.3, 0.4) is 0 Å². The van der Waals surface area contributed by atoms with Gasteiger partial charge in [-0.05, 0) is 36.3 Å². The van der Waals surface area contributed by atoms with E-state index in [1.807, 2.05) is 12.1 Å². The first-order chi connectivity index (χ1) is 14.2. The van der Waals surface area contributed by atoms with Gasteiger partial charge < -0.3 is 9.64 Å². The zero-order chi connectivity index (χ0) is 20.2. The Balaban J connectivity index is 1.69. The lowest BCUT2D eigenvalue weighted by molar-refractivity contribution is -0.644. The Bertz CT molecular complexity index is 1080. The van der Waals surface area contributed by atoms with Gasteiger partial charge in [0.25, 0.3) is 0 Å². The minimum atomic E-state index is 0.231. The van der Waals surface area contributed by atoms with E-state index in [2.05, 4.69) is 71.3 Å². The summed E-state index contributed by atoms with van der Waals surface area (Å²) in [6, 6.07) is 18.8. The van der Waals surface area contributed by atoms with Crippen LogP contribution in [0.5, 0.6) is 0 Å². The number of para-hydroxylation sites is 2. The first-order valence-corrected chi connectivity index (χ1v) is 10.6. The van der Waals surface area contributed by atoms with Gasteiger partial charge in [-0.3, -0.25) is 4.79 Å². The zero-order valence-electron chi connectivity index (χ0n) is 16.8. The molecule has 2 aromatic carbocycles.